The van der Waals surface area contributed by atoms with Crippen LogP contribution in [0.3, 0.4) is 0 Å². The maximum absolute atomic E-state index is 11.6. The van der Waals surface area contributed by atoms with Crippen molar-refractivity contribution in [1.82, 2.24) is 14.7 Å². The summed E-state index contributed by atoms with van der Waals surface area (Å²) in [5.74, 6) is 0.705. The van der Waals surface area contributed by atoms with Crippen LogP contribution in [0.2, 0.25) is 0 Å². The summed E-state index contributed by atoms with van der Waals surface area (Å²) in [7, 11) is 0. The molecule has 0 atom stereocenters. The van der Waals surface area contributed by atoms with E-state index in [0.717, 1.165) is 44.1 Å². The molecule has 2 aromatic carbocycles. The van der Waals surface area contributed by atoms with Crippen LogP contribution in [0, 0.1) is 13.8 Å². The Hall–Kier alpha value is -4.11. The first-order chi connectivity index (χ1) is 17.4. The normalized spacial score (nSPS) is 11.0. The van der Waals surface area contributed by atoms with Crippen molar-refractivity contribution in [1.29, 1.82) is 0 Å². The van der Waals surface area contributed by atoms with Gasteiger partial charge in [-0.05, 0) is 73.9 Å². The van der Waals surface area contributed by atoms with Gasteiger partial charge in [-0.15, -0.1) is 4.74 Å². The van der Waals surface area contributed by atoms with Gasteiger partial charge < -0.3 is 18.7 Å². The molecule has 4 rings (SSSR count). The molecule has 1 N–H and O–H groups in total. The van der Waals surface area contributed by atoms with Gasteiger partial charge >= 0.3 is 11.4 Å². The third-order valence-corrected chi connectivity index (χ3v) is 5.53. The van der Waals surface area contributed by atoms with Crippen molar-refractivity contribution in [2.24, 2.45) is 0 Å². The number of aryl methyl sites for hydroxylation is 2. The average molecular weight is 492 g/mol. The molecule has 0 saturated carbocycles. The number of benzene rings is 2. The van der Waals surface area contributed by atoms with Crippen LogP contribution in [0.5, 0.6) is 11.5 Å². The number of pyridine rings is 1. The van der Waals surface area contributed by atoms with Crippen LogP contribution in [-0.2, 0) is 17.9 Å². The molecule has 0 spiro atoms. The lowest BCUT2D eigenvalue weighted by atomic mass is 9.99. The summed E-state index contributed by atoms with van der Waals surface area (Å²) >= 11 is 0. The van der Waals surface area contributed by atoms with Gasteiger partial charge in [-0.1, -0.05) is 18.2 Å². The fourth-order valence-corrected chi connectivity index (χ4v) is 3.91. The molecule has 0 aliphatic heterocycles. The molecule has 0 aliphatic carbocycles. The SMILES string of the molecule is CCOCCOc1cc(C)c(-c2cccc(COc3ccc(Cn4oc(=O)[nH]c4=O)cc3)n2)c(C)c1. The number of nitrogens with one attached hydrogen (secondary N) is 1. The number of aromatic nitrogens is 3. The molecule has 0 bridgehead atoms. The van der Waals surface area contributed by atoms with Crippen LogP contribution in [0.15, 0.2) is 68.7 Å². The summed E-state index contributed by atoms with van der Waals surface area (Å²) in [5, 5.41) is 0. The van der Waals surface area contributed by atoms with Crippen molar-refractivity contribution in [2.45, 2.75) is 33.9 Å². The van der Waals surface area contributed by atoms with Crippen molar-refractivity contribution < 1.29 is 18.7 Å². The average Bonchev–Trinajstić information content (AvgIpc) is 3.17. The molecule has 9 nitrogen and oxygen atoms in total. The molecule has 188 valence electrons. The van der Waals surface area contributed by atoms with E-state index in [-0.39, 0.29) is 6.54 Å². The summed E-state index contributed by atoms with van der Waals surface area (Å²) in [5.41, 5.74) is 5.13. The van der Waals surface area contributed by atoms with Crippen LogP contribution in [0.4, 0.5) is 0 Å². The van der Waals surface area contributed by atoms with Crippen LogP contribution in [0.25, 0.3) is 11.3 Å². The molecule has 0 amide bonds. The van der Waals surface area contributed by atoms with E-state index in [0.29, 0.717) is 32.2 Å². The van der Waals surface area contributed by atoms with Gasteiger partial charge in [-0.25, -0.2) is 19.6 Å². The van der Waals surface area contributed by atoms with Gasteiger partial charge in [0.15, 0.2) is 0 Å². The highest BCUT2D eigenvalue weighted by Gasteiger charge is 2.11. The topological polar surface area (TPSA) is 109 Å². The van der Waals surface area contributed by atoms with Gasteiger partial charge in [0.1, 0.15) is 24.7 Å². The van der Waals surface area contributed by atoms with E-state index in [9.17, 15) is 9.59 Å². The lowest BCUT2D eigenvalue weighted by Crippen LogP contribution is -2.17. The third-order valence-electron chi connectivity index (χ3n) is 5.53. The maximum Gasteiger partial charge on any atom is 0.440 e. The minimum atomic E-state index is -0.776. The van der Waals surface area contributed by atoms with E-state index in [2.05, 4.69) is 18.8 Å². The fraction of sp³-hybridized carbons (Fsp3) is 0.296. The Bertz CT molecular complexity index is 1400. The van der Waals surface area contributed by atoms with E-state index in [1.807, 2.05) is 49.4 Å². The second kappa shape index (κ2) is 11.5. The van der Waals surface area contributed by atoms with E-state index < -0.39 is 11.4 Å². The first kappa shape index (κ1) is 25.0. The van der Waals surface area contributed by atoms with Crippen molar-refractivity contribution >= 4 is 0 Å². The molecule has 2 heterocycles. The van der Waals surface area contributed by atoms with Crippen LogP contribution >= 0.6 is 0 Å². The second-order valence-corrected chi connectivity index (χ2v) is 8.27. The highest BCUT2D eigenvalue weighted by atomic mass is 16.5. The smallest absolute Gasteiger partial charge is 0.440 e. The number of aromatic amines is 1. The number of nitrogens with zero attached hydrogens (tertiary/aromatic N) is 2. The fourth-order valence-electron chi connectivity index (χ4n) is 3.91. The maximum atomic E-state index is 11.6. The number of hydrogen-bond donors (Lipinski definition) is 1. The minimum absolute atomic E-state index is 0.149. The van der Waals surface area contributed by atoms with Gasteiger partial charge in [0.05, 0.1) is 24.5 Å². The summed E-state index contributed by atoms with van der Waals surface area (Å²) < 4.78 is 22.8. The molecule has 0 saturated heterocycles. The zero-order valence-electron chi connectivity index (χ0n) is 20.6. The largest absolute Gasteiger partial charge is 0.491 e. The number of H-pyrrole nitrogens is 1. The molecule has 9 heteroatoms. The zero-order chi connectivity index (χ0) is 25.5. The quantitative estimate of drug-likeness (QED) is 0.318. The predicted molar refractivity (Wildman–Crippen MR) is 135 cm³/mol. The standard InChI is InChI=1S/C27H29N3O6/c1-4-33-12-13-34-23-14-18(2)25(19(3)15-23)24-7-5-6-21(28-24)17-35-22-10-8-20(9-11-22)16-30-26(31)29-27(32)36-30/h5-11,14-15H,4,12-13,16-17H2,1-3H3,(H,29,31,32). The highest BCUT2D eigenvalue weighted by Crippen LogP contribution is 2.30. The highest BCUT2D eigenvalue weighted by molar-refractivity contribution is 5.69. The van der Waals surface area contributed by atoms with Crippen LogP contribution < -0.4 is 20.9 Å². The lowest BCUT2D eigenvalue weighted by Gasteiger charge is -2.14. The third kappa shape index (κ3) is 6.31. The second-order valence-electron chi connectivity index (χ2n) is 8.27. The summed E-state index contributed by atoms with van der Waals surface area (Å²) in [6.07, 6.45) is 0. The predicted octanol–water partition coefficient (Wildman–Crippen LogP) is 3.85. The van der Waals surface area contributed by atoms with Crippen molar-refractivity contribution in [2.75, 3.05) is 19.8 Å². The summed E-state index contributed by atoms with van der Waals surface area (Å²) in [6.45, 7) is 8.27. The molecule has 36 heavy (non-hydrogen) atoms. The van der Waals surface area contributed by atoms with Crippen LogP contribution in [0.1, 0.15) is 29.3 Å². The van der Waals surface area contributed by atoms with E-state index in [4.69, 9.17) is 23.7 Å². The van der Waals surface area contributed by atoms with Gasteiger partial charge in [-0.2, -0.15) is 0 Å². The Morgan fingerprint density at radius 1 is 0.944 bits per heavy atom. The van der Waals surface area contributed by atoms with Gasteiger partial charge in [-0.3, -0.25) is 0 Å². The number of ether oxygens (including phenoxy) is 3. The molecular weight excluding hydrogens is 462 g/mol. The van der Waals surface area contributed by atoms with Gasteiger partial charge in [0.2, 0.25) is 0 Å². The first-order valence-corrected chi connectivity index (χ1v) is 11.7. The van der Waals surface area contributed by atoms with E-state index in [1.165, 1.54) is 0 Å². The Morgan fingerprint density at radius 2 is 1.69 bits per heavy atom. The molecule has 0 aliphatic rings. The Kier molecular flexibility index (Phi) is 8.02. The van der Waals surface area contributed by atoms with Crippen molar-refractivity contribution in [3.63, 3.8) is 0 Å². The Balaban J connectivity index is 1.40. The monoisotopic (exact) mass is 491 g/mol. The summed E-state index contributed by atoms with van der Waals surface area (Å²) in [6, 6.07) is 17.1. The molecule has 0 radical (unpaired) electrons. The van der Waals surface area contributed by atoms with Gasteiger partial charge in [0.25, 0.3) is 0 Å². The molecule has 4 aromatic rings. The van der Waals surface area contributed by atoms with Crippen molar-refractivity contribution in [3.05, 3.63) is 98.0 Å². The lowest BCUT2D eigenvalue weighted by molar-refractivity contribution is 0.110. The van der Waals surface area contributed by atoms with E-state index in [1.54, 1.807) is 12.1 Å². The molecule has 0 unspecified atom stereocenters. The van der Waals surface area contributed by atoms with Crippen molar-refractivity contribution in [3.8, 4) is 22.8 Å². The Labute approximate surface area is 208 Å². The molecular formula is C27H29N3O6. The molecule has 0 fully saturated rings. The minimum Gasteiger partial charge on any atom is -0.491 e. The van der Waals surface area contributed by atoms with Gasteiger partial charge in [0, 0.05) is 12.2 Å². The summed E-state index contributed by atoms with van der Waals surface area (Å²) in [4.78, 5) is 29.6. The van der Waals surface area contributed by atoms with Crippen LogP contribution in [-0.4, -0.2) is 34.5 Å². The Morgan fingerprint density at radius 3 is 2.36 bits per heavy atom. The van der Waals surface area contributed by atoms with E-state index >= 15 is 0 Å². The first-order valence-electron chi connectivity index (χ1n) is 11.7. The zero-order valence-corrected chi connectivity index (χ0v) is 20.6. The molecule has 2 aromatic heterocycles. The number of rotatable bonds is 11. The number of hydrogen-bond acceptors (Lipinski definition) is 7.